The van der Waals surface area contributed by atoms with E-state index in [1.165, 1.54) is 22.5 Å². The van der Waals surface area contributed by atoms with Crippen LogP contribution in [-0.2, 0) is 4.74 Å². The number of nitrogens with zero attached hydrogens (tertiary/aromatic N) is 3. The number of nitrogens with one attached hydrogen (secondary N) is 1. The number of nitriles is 1. The Balaban J connectivity index is 1.55. The van der Waals surface area contributed by atoms with Gasteiger partial charge in [-0.1, -0.05) is 35.9 Å². The topological polar surface area (TPSA) is 74.3 Å². The largest absolute Gasteiger partial charge is 0.418 e. The maximum absolute atomic E-state index is 9.45. The number of ether oxygens (including phenoxy) is 1. The molecule has 1 atom stereocenters. The van der Waals surface area contributed by atoms with Gasteiger partial charge in [-0.05, 0) is 23.9 Å². The Labute approximate surface area is 168 Å². The number of anilines is 1. The summed E-state index contributed by atoms with van der Waals surface area (Å²) in [6, 6.07) is 14.8. The van der Waals surface area contributed by atoms with Gasteiger partial charge in [0.15, 0.2) is 0 Å². The molecule has 1 aliphatic rings. The molecule has 0 aliphatic carbocycles. The number of oxazole rings is 1. The molecule has 2 aromatic heterocycles. The first kappa shape index (κ1) is 18.7. The Morgan fingerprint density at radius 1 is 1.25 bits per heavy atom. The highest BCUT2D eigenvalue weighted by Gasteiger charge is 2.24. The Bertz CT molecular complexity index is 938. The first-order valence-corrected chi connectivity index (χ1v) is 10.2. The third-order valence-corrected chi connectivity index (χ3v) is 5.73. The number of rotatable bonds is 6. The van der Waals surface area contributed by atoms with Crippen LogP contribution in [0.1, 0.15) is 22.9 Å². The summed E-state index contributed by atoms with van der Waals surface area (Å²) < 4.78 is 11.4. The SMILES string of the molecule is Cc1ccc(C(CNc2oc(-c3cccs3)nc2C#N)N2CCOCC2)cc1. The molecule has 6 nitrogen and oxygen atoms in total. The number of aryl methyl sites for hydroxylation is 1. The van der Waals surface area contributed by atoms with E-state index in [1.807, 2.05) is 17.5 Å². The standard InChI is InChI=1S/C21H22N4O2S/c1-15-4-6-16(7-5-15)18(25-8-10-26-11-9-25)14-23-20-17(13-22)24-21(27-20)19-3-2-12-28-19/h2-7,12,18,23H,8-11,14H2,1H3. The van der Waals surface area contributed by atoms with Gasteiger partial charge in [0.1, 0.15) is 6.07 Å². The van der Waals surface area contributed by atoms with E-state index in [1.54, 1.807) is 0 Å². The molecule has 28 heavy (non-hydrogen) atoms. The van der Waals surface area contributed by atoms with E-state index < -0.39 is 0 Å². The zero-order valence-electron chi connectivity index (χ0n) is 15.7. The van der Waals surface area contributed by atoms with Crippen LogP contribution in [0.3, 0.4) is 0 Å². The summed E-state index contributed by atoms with van der Waals surface area (Å²) in [5.41, 5.74) is 2.75. The molecular weight excluding hydrogens is 372 g/mol. The summed E-state index contributed by atoms with van der Waals surface area (Å²) in [4.78, 5) is 7.65. The summed E-state index contributed by atoms with van der Waals surface area (Å²) in [6.07, 6.45) is 0. The Morgan fingerprint density at radius 3 is 2.71 bits per heavy atom. The minimum absolute atomic E-state index is 0.159. The predicted molar refractivity (Wildman–Crippen MR) is 109 cm³/mol. The molecule has 7 heteroatoms. The quantitative estimate of drug-likeness (QED) is 0.679. The van der Waals surface area contributed by atoms with Gasteiger partial charge in [0, 0.05) is 19.6 Å². The second kappa shape index (κ2) is 8.57. The number of hydrogen-bond donors (Lipinski definition) is 1. The van der Waals surface area contributed by atoms with Crippen molar-refractivity contribution in [3.63, 3.8) is 0 Å². The molecule has 0 bridgehead atoms. The Morgan fingerprint density at radius 2 is 2.04 bits per heavy atom. The number of morpholine rings is 1. The summed E-state index contributed by atoms with van der Waals surface area (Å²) in [5, 5.41) is 14.7. The van der Waals surface area contributed by atoms with E-state index in [4.69, 9.17) is 9.15 Å². The number of hydrogen-bond acceptors (Lipinski definition) is 7. The van der Waals surface area contributed by atoms with Crippen molar-refractivity contribution < 1.29 is 9.15 Å². The van der Waals surface area contributed by atoms with E-state index in [9.17, 15) is 5.26 Å². The first-order chi connectivity index (χ1) is 13.7. The zero-order chi connectivity index (χ0) is 19.3. The van der Waals surface area contributed by atoms with Gasteiger partial charge >= 0.3 is 0 Å². The lowest BCUT2D eigenvalue weighted by Gasteiger charge is -2.35. The average Bonchev–Trinajstić information content (AvgIpc) is 3.40. The van der Waals surface area contributed by atoms with E-state index in [0.29, 0.717) is 18.3 Å². The van der Waals surface area contributed by atoms with Crippen molar-refractivity contribution in [2.45, 2.75) is 13.0 Å². The minimum atomic E-state index is 0.159. The van der Waals surface area contributed by atoms with Crippen LogP contribution in [0.2, 0.25) is 0 Å². The maximum atomic E-state index is 9.45. The first-order valence-electron chi connectivity index (χ1n) is 9.31. The smallest absolute Gasteiger partial charge is 0.240 e. The number of benzene rings is 1. The van der Waals surface area contributed by atoms with E-state index >= 15 is 0 Å². The fraction of sp³-hybridized carbons (Fsp3) is 0.333. The highest BCUT2D eigenvalue weighted by molar-refractivity contribution is 7.13. The van der Waals surface area contributed by atoms with Crippen LogP contribution >= 0.6 is 11.3 Å². The lowest BCUT2D eigenvalue weighted by atomic mass is 10.0. The molecule has 0 amide bonds. The van der Waals surface area contributed by atoms with Crippen LogP contribution < -0.4 is 5.32 Å². The third-order valence-electron chi connectivity index (χ3n) is 4.87. The van der Waals surface area contributed by atoms with Gasteiger partial charge < -0.3 is 14.5 Å². The van der Waals surface area contributed by atoms with Crippen LogP contribution in [-0.4, -0.2) is 42.7 Å². The molecule has 1 saturated heterocycles. The lowest BCUT2D eigenvalue weighted by Crippen LogP contribution is -2.41. The highest BCUT2D eigenvalue weighted by atomic mass is 32.1. The van der Waals surface area contributed by atoms with Gasteiger partial charge in [-0.15, -0.1) is 11.3 Å². The van der Waals surface area contributed by atoms with Crippen LogP contribution in [0.15, 0.2) is 46.2 Å². The van der Waals surface area contributed by atoms with Crippen molar-refractivity contribution >= 4 is 17.2 Å². The third kappa shape index (κ3) is 4.09. The molecule has 1 fully saturated rings. The second-order valence-electron chi connectivity index (χ2n) is 6.74. The summed E-state index contributed by atoms with van der Waals surface area (Å²) in [5.74, 6) is 0.906. The molecule has 3 heterocycles. The van der Waals surface area contributed by atoms with Crippen molar-refractivity contribution in [3.05, 3.63) is 58.6 Å². The predicted octanol–water partition coefficient (Wildman–Crippen LogP) is 4.07. The van der Waals surface area contributed by atoms with Crippen molar-refractivity contribution in [1.29, 1.82) is 5.26 Å². The molecular formula is C21H22N4O2S. The molecule has 0 radical (unpaired) electrons. The van der Waals surface area contributed by atoms with Gasteiger partial charge in [-0.3, -0.25) is 4.90 Å². The normalized spacial score (nSPS) is 15.9. The van der Waals surface area contributed by atoms with Crippen molar-refractivity contribution in [1.82, 2.24) is 9.88 Å². The van der Waals surface area contributed by atoms with Gasteiger partial charge in [-0.25, -0.2) is 0 Å². The van der Waals surface area contributed by atoms with Gasteiger partial charge in [0.25, 0.3) is 0 Å². The molecule has 3 aromatic rings. The second-order valence-corrected chi connectivity index (χ2v) is 7.69. The van der Waals surface area contributed by atoms with Crippen molar-refractivity contribution in [3.8, 4) is 16.8 Å². The lowest BCUT2D eigenvalue weighted by molar-refractivity contribution is 0.0186. The molecule has 4 rings (SSSR count). The molecule has 0 saturated carbocycles. The van der Waals surface area contributed by atoms with E-state index in [-0.39, 0.29) is 11.7 Å². The zero-order valence-corrected chi connectivity index (χ0v) is 16.5. The summed E-state index contributed by atoms with van der Waals surface area (Å²) >= 11 is 1.54. The molecule has 0 spiro atoms. The van der Waals surface area contributed by atoms with Crippen LogP contribution in [0.5, 0.6) is 0 Å². The average molecular weight is 395 g/mol. The highest BCUT2D eigenvalue weighted by Crippen LogP contribution is 2.30. The molecule has 1 aliphatic heterocycles. The number of thiophene rings is 1. The Hall–Kier alpha value is -2.66. The minimum Gasteiger partial charge on any atom is -0.418 e. The maximum Gasteiger partial charge on any atom is 0.240 e. The van der Waals surface area contributed by atoms with Gasteiger partial charge in [0.2, 0.25) is 17.5 Å². The van der Waals surface area contributed by atoms with Crippen LogP contribution in [0, 0.1) is 18.3 Å². The van der Waals surface area contributed by atoms with Gasteiger partial charge in [0.05, 0.1) is 24.1 Å². The summed E-state index contributed by atoms with van der Waals surface area (Å²) in [7, 11) is 0. The number of aromatic nitrogens is 1. The van der Waals surface area contributed by atoms with Crippen molar-refractivity contribution in [2.75, 3.05) is 38.2 Å². The van der Waals surface area contributed by atoms with Crippen LogP contribution in [0.4, 0.5) is 5.88 Å². The van der Waals surface area contributed by atoms with E-state index in [2.05, 4.69) is 52.5 Å². The van der Waals surface area contributed by atoms with Crippen LogP contribution in [0.25, 0.3) is 10.8 Å². The van der Waals surface area contributed by atoms with E-state index in [0.717, 1.165) is 31.2 Å². The molecule has 1 N–H and O–H groups in total. The van der Waals surface area contributed by atoms with Crippen molar-refractivity contribution in [2.24, 2.45) is 0 Å². The fourth-order valence-electron chi connectivity index (χ4n) is 3.35. The monoisotopic (exact) mass is 394 g/mol. The summed E-state index contributed by atoms with van der Waals surface area (Å²) in [6.45, 7) is 5.93. The molecule has 144 valence electrons. The Kier molecular flexibility index (Phi) is 5.72. The molecule has 1 unspecified atom stereocenters. The van der Waals surface area contributed by atoms with Gasteiger partial charge in [-0.2, -0.15) is 10.2 Å². The molecule has 1 aromatic carbocycles. The fourth-order valence-corrected chi connectivity index (χ4v) is 4.00.